The van der Waals surface area contributed by atoms with Gasteiger partial charge < -0.3 is 0 Å². The number of aliphatic hydroxyl groups is 1. The first-order chi connectivity index (χ1) is 21.3. The number of ether oxygens (including phenoxy) is 1. The van der Waals surface area contributed by atoms with E-state index in [1.807, 2.05) is 6.92 Å². The van der Waals surface area contributed by atoms with E-state index in [2.05, 4.69) is 30.9 Å². The van der Waals surface area contributed by atoms with E-state index in [-0.39, 0.29) is 29.7 Å². The Kier molecular flexibility index (Phi) is 6.74. The summed E-state index contributed by atoms with van der Waals surface area (Å²) in [4.78, 5) is 67.0. The van der Waals surface area contributed by atoms with Crippen LogP contribution >= 0.6 is 16.3 Å². The fraction of sp³-hybridized carbons (Fsp3) is 0.286. The Balaban J connectivity index is 1.28. The molecule has 244 valence electrons. The van der Waals surface area contributed by atoms with Crippen LogP contribution in [0.4, 0.5) is 11.8 Å². The van der Waals surface area contributed by atoms with Crippen molar-refractivity contribution < 1.29 is 57.0 Å². The third-order valence-corrected chi connectivity index (χ3v) is 8.92. The first-order valence-corrected chi connectivity index (χ1v) is 16.4. The summed E-state index contributed by atoms with van der Waals surface area (Å²) < 4.78 is 33.3. The van der Waals surface area contributed by atoms with E-state index < -0.39 is 75.4 Å². The number of hydrogen-bond acceptors (Lipinski definition) is 20. The molecule has 2 atom stereocenters. The number of imidazole rings is 1. The number of rotatable bonds is 2. The average molecular weight is 675 g/mol. The van der Waals surface area contributed by atoms with E-state index in [9.17, 15) is 34.6 Å². The Bertz CT molecular complexity index is 1870. The van der Waals surface area contributed by atoms with Crippen molar-refractivity contribution in [2.75, 3.05) is 24.0 Å². The molecule has 2 bridgehead atoms. The number of furan rings is 1. The summed E-state index contributed by atoms with van der Waals surface area (Å²) in [5.74, 6) is -3.88. The Morgan fingerprint density at radius 2 is 1.96 bits per heavy atom. The summed E-state index contributed by atoms with van der Waals surface area (Å²) in [6.45, 7) is 1.55. The van der Waals surface area contributed by atoms with E-state index >= 15 is 0 Å². The molecule has 4 aliphatic rings. The number of hydrogen-bond donors (Lipinski definition) is 11. The van der Waals surface area contributed by atoms with Crippen molar-refractivity contribution in [1.82, 2.24) is 35.5 Å². The second kappa shape index (κ2) is 10.3. The van der Waals surface area contributed by atoms with Crippen LogP contribution in [-0.2, 0) is 24.9 Å². The molecule has 45 heavy (non-hydrogen) atoms. The summed E-state index contributed by atoms with van der Waals surface area (Å²) in [5.41, 5.74) is 6.20. The molecule has 3 aromatic rings. The Hall–Kier alpha value is -4.37. The molecule has 0 saturated carbocycles. The summed E-state index contributed by atoms with van der Waals surface area (Å²) in [6, 6.07) is 0. The first kappa shape index (κ1) is 29.3. The van der Waals surface area contributed by atoms with Gasteiger partial charge in [0.15, 0.2) is 0 Å². The Labute approximate surface area is 250 Å². The molecule has 0 amide bonds. The van der Waals surface area contributed by atoms with Gasteiger partial charge in [0, 0.05) is 0 Å². The summed E-state index contributed by atoms with van der Waals surface area (Å²) in [7, 11) is -10.6. The molecule has 1 fully saturated rings. The van der Waals surface area contributed by atoms with Gasteiger partial charge in [-0.25, -0.2) is 0 Å². The molecular formula is C21H27N9O13P2. The number of nitrogens with zero attached hydrogens (tertiary/aromatic N) is 4. The van der Waals surface area contributed by atoms with Crippen molar-refractivity contribution in [2.24, 2.45) is 0 Å². The molecular weight excluding hydrogens is 648 g/mol. The van der Waals surface area contributed by atoms with Crippen LogP contribution in [0.1, 0.15) is 12.7 Å². The molecule has 22 nitrogen and oxygen atoms in total. The number of aromatic nitrogens is 4. The fourth-order valence-electron chi connectivity index (χ4n) is 4.98. The number of aliphatic hydroxyl groups excluding tert-OH is 1. The second-order valence-corrected chi connectivity index (χ2v) is 13.1. The van der Waals surface area contributed by atoms with Gasteiger partial charge in [0.1, 0.15) is 0 Å². The number of fused-ring (bicyclic) bond motifs is 5. The van der Waals surface area contributed by atoms with Crippen molar-refractivity contribution >= 4 is 45.2 Å². The predicted octanol–water partition coefficient (Wildman–Crippen LogP) is -2.13. The number of nitrogens with two attached hydrogens (primary N) is 1. The zero-order valence-corrected chi connectivity index (χ0v) is 24.8. The number of nitrogens with one attached hydrogen (secondary N) is 4. The topological polar surface area (TPSA) is 310 Å². The van der Waals surface area contributed by atoms with Gasteiger partial charge in [-0.15, -0.1) is 0 Å². The first-order valence-electron chi connectivity index (χ1n) is 13.0. The van der Waals surface area contributed by atoms with Crippen LogP contribution in [-0.4, -0.2) is 74.9 Å². The number of aromatic hydroxyl groups is 1. The van der Waals surface area contributed by atoms with Gasteiger partial charge in [-0.3, -0.25) is 0 Å². The second-order valence-electron chi connectivity index (χ2n) is 9.95. The van der Waals surface area contributed by atoms with Crippen molar-refractivity contribution in [1.29, 1.82) is 0 Å². The summed E-state index contributed by atoms with van der Waals surface area (Å²) in [5, 5.41) is 31.5. The van der Waals surface area contributed by atoms with Crippen LogP contribution < -0.4 is 36.7 Å². The molecule has 0 spiro atoms. The molecule has 3 aromatic heterocycles. The van der Waals surface area contributed by atoms with E-state index in [1.165, 1.54) is 0 Å². The minimum absolute atomic E-state index is 0.152. The predicted molar refractivity (Wildman–Crippen MR) is 153 cm³/mol. The zero-order valence-electron chi connectivity index (χ0n) is 22.8. The van der Waals surface area contributed by atoms with Gasteiger partial charge in [-0.2, -0.15) is 0 Å². The van der Waals surface area contributed by atoms with Crippen LogP contribution in [0.3, 0.4) is 0 Å². The molecule has 7 heterocycles. The maximum absolute atomic E-state index is 12.3. The minimum atomic E-state index is -5.28. The molecule has 7 rings (SSSR count). The van der Waals surface area contributed by atoms with Gasteiger partial charge >= 0.3 is 251 Å². The normalized spacial score (nSPS) is 26.6. The molecule has 1 unspecified atom stereocenters. The monoisotopic (exact) mass is 675 g/mol. The molecule has 4 aliphatic heterocycles. The number of aromatic amines is 1. The Morgan fingerprint density at radius 3 is 2.76 bits per heavy atom. The molecule has 0 aromatic carbocycles. The van der Waals surface area contributed by atoms with Crippen molar-refractivity contribution in [2.45, 2.75) is 25.8 Å². The SMILES string of the molecule is CC1=C2NCN(c3oc4c(c3O)O[PH](O)(O)O/C=C3/OC(n5cnc6c(=O)[nH]c(N)nc65)=C(O[PH](O)(O)OC4)[C@@H]3O)C2NCN1. The van der Waals surface area contributed by atoms with E-state index in [1.54, 1.807) is 4.90 Å². The average Bonchev–Trinajstić information content (AvgIpc) is 3.72. The number of allylic oxidation sites excluding steroid dienone is 1. The van der Waals surface area contributed by atoms with E-state index in [0.29, 0.717) is 12.9 Å². The third kappa shape index (κ3) is 5.03. The fourth-order valence-corrected chi connectivity index (χ4v) is 6.64. The van der Waals surface area contributed by atoms with Crippen molar-refractivity contribution in [3.63, 3.8) is 0 Å². The van der Waals surface area contributed by atoms with Crippen molar-refractivity contribution in [3.05, 3.63) is 51.6 Å². The molecule has 0 aliphatic carbocycles. The number of H-pyrrole nitrogens is 1. The van der Waals surface area contributed by atoms with Gasteiger partial charge in [0.2, 0.25) is 0 Å². The molecule has 24 heteroatoms. The molecule has 1 saturated heterocycles. The van der Waals surface area contributed by atoms with Crippen LogP contribution in [0.2, 0.25) is 0 Å². The van der Waals surface area contributed by atoms with Crippen molar-refractivity contribution in [3.8, 4) is 11.5 Å². The zero-order chi connectivity index (χ0) is 31.8. The van der Waals surface area contributed by atoms with Gasteiger partial charge in [-0.05, 0) is 0 Å². The van der Waals surface area contributed by atoms with E-state index in [4.69, 9.17) is 33.0 Å². The molecule has 12 N–H and O–H groups in total. The number of anilines is 2. The third-order valence-electron chi connectivity index (χ3n) is 7.01. The van der Waals surface area contributed by atoms with Gasteiger partial charge in [0.25, 0.3) is 0 Å². The number of nitrogen functional groups attached to an aromatic ring is 1. The maximum atomic E-state index is 12.3. The van der Waals surface area contributed by atoms with Gasteiger partial charge in [0.05, 0.1) is 0 Å². The summed E-state index contributed by atoms with van der Waals surface area (Å²) >= 11 is 0. The molecule has 0 radical (unpaired) electrons. The van der Waals surface area contributed by atoms with Crippen LogP contribution in [0.5, 0.6) is 11.5 Å². The quantitative estimate of drug-likeness (QED) is 0.129. The standard InChI is InChI=1S/C21H27N9O13P2/c1-7-10-16(24-4-23-7)29(5-25-10)19-13(32)14-9(41-19)3-39-45(36,37)43-15-12(31)8(2-38-44(34,35)42-14)40-20(15)30-6-26-11-17(30)27-21(22)28-18(11)33/h2,6,12,16,23-25,31-32,34-37,44-45H,3-5H2,1H3,(H3,22,27,28,33)/b8-2+/t12-,16?/m1/s1. The van der Waals surface area contributed by atoms with Crippen LogP contribution in [0.25, 0.3) is 17.0 Å². The summed E-state index contributed by atoms with van der Waals surface area (Å²) in [6.07, 6.45) is -0.790. The van der Waals surface area contributed by atoms with Gasteiger partial charge in [-0.1, -0.05) is 0 Å². The Morgan fingerprint density at radius 1 is 1.16 bits per heavy atom. The van der Waals surface area contributed by atoms with E-state index in [0.717, 1.165) is 22.3 Å². The van der Waals surface area contributed by atoms with Crippen LogP contribution in [0, 0.1) is 0 Å². The van der Waals surface area contributed by atoms with Crippen LogP contribution in [0.15, 0.2) is 44.7 Å².